The predicted octanol–water partition coefficient (Wildman–Crippen LogP) is 4.24. The van der Waals surface area contributed by atoms with Crippen LogP contribution < -0.4 is 0 Å². The molecule has 1 amide bonds. The molecule has 0 radical (unpaired) electrons. The highest BCUT2D eigenvalue weighted by molar-refractivity contribution is 7.99. The average molecular weight is 359 g/mol. The van der Waals surface area contributed by atoms with E-state index < -0.39 is 0 Å². The Bertz CT molecular complexity index is 724. The molecule has 5 nitrogen and oxygen atoms in total. The van der Waals surface area contributed by atoms with Gasteiger partial charge in [-0.15, -0.1) is 10.2 Å². The Morgan fingerprint density at radius 3 is 2.72 bits per heavy atom. The fraction of sp³-hybridized carbons (Fsp3) is 0.526. The van der Waals surface area contributed by atoms with Gasteiger partial charge in [0.05, 0.1) is 5.75 Å². The van der Waals surface area contributed by atoms with Gasteiger partial charge in [0, 0.05) is 18.2 Å². The Balaban J connectivity index is 1.62. The van der Waals surface area contributed by atoms with Crippen LogP contribution in [0, 0.1) is 13.8 Å². The lowest BCUT2D eigenvalue weighted by Crippen LogP contribution is -2.44. The molecule has 134 valence electrons. The summed E-state index contributed by atoms with van der Waals surface area (Å²) >= 11 is 1.33. The minimum atomic E-state index is 0.169. The first-order valence-electron chi connectivity index (χ1n) is 8.91. The monoisotopic (exact) mass is 359 g/mol. The van der Waals surface area contributed by atoms with Gasteiger partial charge in [0.2, 0.25) is 11.8 Å². The van der Waals surface area contributed by atoms with Gasteiger partial charge in [-0.2, -0.15) is 0 Å². The number of hydrogen-bond acceptors (Lipinski definition) is 5. The van der Waals surface area contributed by atoms with E-state index in [4.69, 9.17) is 4.42 Å². The van der Waals surface area contributed by atoms with E-state index in [-0.39, 0.29) is 5.91 Å². The Kier molecular flexibility index (Phi) is 5.78. The van der Waals surface area contributed by atoms with Crippen LogP contribution in [0.25, 0.3) is 11.5 Å². The van der Waals surface area contributed by atoms with Gasteiger partial charge in [0.15, 0.2) is 0 Å². The highest BCUT2D eigenvalue weighted by Gasteiger charge is 2.25. The van der Waals surface area contributed by atoms with Crippen molar-refractivity contribution >= 4 is 17.7 Å². The first-order valence-corrected chi connectivity index (χ1v) is 9.90. The van der Waals surface area contributed by atoms with Gasteiger partial charge in [-0.3, -0.25) is 4.79 Å². The number of aromatic nitrogens is 2. The van der Waals surface area contributed by atoms with Crippen molar-refractivity contribution in [1.29, 1.82) is 0 Å². The number of carbonyl (C=O) groups excluding carboxylic acids is 1. The number of carbonyl (C=O) groups is 1. The van der Waals surface area contributed by atoms with Crippen molar-refractivity contribution in [2.45, 2.75) is 57.7 Å². The molecule has 3 rings (SSSR count). The second-order valence-electron chi connectivity index (χ2n) is 6.68. The number of aryl methyl sites for hydroxylation is 2. The zero-order chi connectivity index (χ0) is 17.8. The van der Waals surface area contributed by atoms with Crippen LogP contribution in [0.4, 0.5) is 0 Å². The van der Waals surface area contributed by atoms with Crippen LogP contribution in [0.3, 0.4) is 0 Å². The summed E-state index contributed by atoms with van der Waals surface area (Å²) in [7, 11) is 0. The molecular weight excluding hydrogens is 334 g/mol. The zero-order valence-electron chi connectivity index (χ0n) is 15.1. The van der Waals surface area contributed by atoms with E-state index in [1.807, 2.05) is 30.9 Å². The van der Waals surface area contributed by atoms with E-state index in [1.54, 1.807) is 0 Å². The summed E-state index contributed by atoms with van der Waals surface area (Å²) in [6.07, 6.45) is 4.46. The Morgan fingerprint density at radius 1 is 1.24 bits per heavy atom. The molecule has 25 heavy (non-hydrogen) atoms. The molecule has 0 bridgehead atoms. The quantitative estimate of drug-likeness (QED) is 0.748. The topological polar surface area (TPSA) is 59.2 Å². The highest BCUT2D eigenvalue weighted by atomic mass is 32.2. The van der Waals surface area contributed by atoms with Crippen molar-refractivity contribution in [3.8, 4) is 11.5 Å². The van der Waals surface area contributed by atoms with Crippen molar-refractivity contribution in [2.75, 3.05) is 12.3 Å². The lowest BCUT2D eigenvalue weighted by atomic mass is 10.0. The van der Waals surface area contributed by atoms with Gasteiger partial charge in [-0.1, -0.05) is 35.9 Å². The van der Waals surface area contributed by atoms with Gasteiger partial charge in [-0.05, 0) is 51.7 Å². The Hall–Kier alpha value is -1.82. The van der Waals surface area contributed by atoms with E-state index >= 15 is 0 Å². The van der Waals surface area contributed by atoms with E-state index in [0.29, 0.717) is 22.9 Å². The van der Waals surface area contributed by atoms with Crippen LogP contribution in [0.15, 0.2) is 27.8 Å². The molecule has 1 aromatic heterocycles. The van der Waals surface area contributed by atoms with E-state index in [0.717, 1.165) is 42.5 Å². The van der Waals surface area contributed by atoms with E-state index in [1.165, 1.54) is 18.2 Å². The van der Waals surface area contributed by atoms with Crippen molar-refractivity contribution in [3.63, 3.8) is 0 Å². The molecule has 0 spiro atoms. The molecule has 0 aliphatic carbocycles. The third-order valence-electron chi connectivity index (χ3n) is 4.61. The maximum atomic E-state index is 12.5. The molecule has 0 saturated carbocycles. The number of likely N-dealkylation sites (tertiary alicyclic amines) is 1. The summed E-state index contributed by atoms with van der Waals surface area (Å²) in [4.78, 5) is 14.5. The van der Waals surface area contributed by atoms with E-state index in [2.05, 4.69) is 23.2 Å². The largest absolute Gasteiger partial charge is 0.411 e. The number of nitrogens with zero attached hydrogens (tertiary/aromatic N) is 3. The van der Waals surface area contributed by atoms with Crippen LogP contribution in [-0.2, 0) is 4.79 Å². The molecular formula is C19H25N3O2S. The normalized spacial score (nSPS) is 17.7. The molecule has 1 fully saturated rings. The van der Waals surface area contributed by atoms with Gasteiger partial charge in [0.25, 0.3) is 5.22 Å². The van der Waals surface area contributed by atoms with E-state index in [9.17, 15) is 4.79 Å². The number of benzene rings is 1. The maximum Gasteiger partial charge on any atom is 0.277 e. The Morgan fingerprint density at radius 2 is 2.00 bits per heavy atom. The first kappa shape index (κ1) is 18.0. The predicted molar refractivity (Wildman–Crippen MR) is 99.6 cm³/mol. The second kappa shape index (κ2) is 8.04. The minimum Gasteiger partial charge on any atom is -0.411 e. The number of piperidine rings is 1. The molecule has 0 N–H and O–H groups in total. The smallest absolute Gasteiger partial charge is 0.277 e. The molecule has 1 saturated heterocycles. The molecule has 1 atom stereocenters. The average Bonchev–Trinajstić information content (AvgIpc) is 3.08. The highest BCUT2D eigenvalue weighted by Crippen LogP contribution is 2.26. The summed E-state index contributed by atoms with van der Waals surface area (Å²) in [6, 6.07) is 6.55. The van der Waals surface area contributed by atoms with Gasteiger partial charge >= 0.3 is 0 Å². The summed E-state index contributed by atoms with van der Waals surface area (Å²) in [6.45, 7) is 7.11. The number of thioether (sulfide) groups is 1. The van der Waals surface area contributed by atoms with Crippen LogP contribution in [0.5, 0.6) is 0 Å². The van der Waals surface area contributed by atoms with Crippen LogP contribution in [-0.4, -0.2) is 39.3 Å². The molecule has 6 heteroatoms. The van der Waals surface area contributed by atoms with Crippen LogP contribution >= 0.6 is 11.8 Å². The van der Waals surface area contributed by atoms with Gasteiger partial charge < -0.3 is 9.32 Å². The fourth-order valence-electron chi connectivity index (χ4n) is 3.44. The summed E-state index contributed by atoms with van der Waals surface area (Å²) in [5.41, 5.74) is 3.24. The zero-order valence-corrected chi connectivity index (χ0v) is 15.9. The number of amides is 1. The SMILES string of the molecule is CC[C@H]1CCCCN1C(=O)CSc1nnc(-c2cc(C)cc(C)c2)o1. The van der Waals surface area contributed by atoms with Crippen molar-refractivity contribution in [1.82, 2.24) is 15.1 Å². The third-order valence-corrected chi connectivity index (χ3v) is 5.42. The minimum absolute atomic E-state index is 0.169. The molecule has 1 aromatic carbocycles. The number of hydrogen-bond donors (Lipinski definition) is 0. The molecule has 1 aliphatic heterocycles. The lowest BCUT2D eigenvalue weighted by molar-refractivity contribution is -0.132. The lowest BCUT2D eigenvalue weighted by Gasteiger charge is -2.35. The summed E-state index contributed by atoms with van der Waals surface area (Å²) < 4.78 is 5.74. The number of rotatable bonds is 5. The van der Waals surface area contributed by atoms with Gasteiger partial charge in [0.1, 0.15) is 0 Å². The van der Waals surface area contributed by atoms with Crippen LogP contribution in [0.2, 0.25) is 0 Å². The first-order chi connectivity index (χ1) is 12.1. The van der Waals surface area contributed by atoms with Gasteiger partial charge in [-0.25, -0.2) is 0 Å². The van der Waals surface area contributed by atoms with Crippen molar-refractivity contribution in [3.05, 3.63) is 29.3 Å². The molecule has 1 aliphatic rings. The van der Waals surface area contributed by atoms with Crippen LogP contribution in [0.1, 0.15) is 43.7 Å². The fourth-order valence-corrected chi connectivity index (χ4v) is 4.09. The standard InChI is InChI=1S/C19H25N3O2S/c1-4-16-7-5-6-8-22(16)17(23)12-25-19-21-20-18(24-19)15-10-13(2)9-14(3)11-15/h9-11,16H,4-8,12H2,1-3H3/t16-/m0/s1. The Labute approximate surface area is 153 Å². The summed E-state index contributed by atoms with van der Waals surface area (Å²) in [5, 5.41) is 8.66. The van der Waals surface area contributed by atoms with Crippen molar-refractivity contribution < 1.29 is 9.21 Å². The second-order valence-corrected chi connectivity index (χ2v) is 7.61. The maximum absolute atomic E-state index is 12.5. The molecule has 2 heterocycles. The molecule has 0 unspecified atom stereocenters. The molecule has 2 aromatic rings. The third kappa shape index (κ3) is 4.42. The van der Waals surface area contributed by atoms with Crippen molar-refractivity contribution in [2.24, 2.45) is 0 Å². The summed E-state index contributed by atoms with van der Waals surface area (Å²) in [5.74, 6) is 1.03.